The molecule has 5 rings (SSSR count). The van der Waals surface area contributed by atoms with Gasteiger partial charge in [-0.25, -0.2) is 4.98 Å². The van der Waals surface area contributed by atoms with Crippen molar-refractivity contribution in [1.82, 2.24) is 9.97 Å². The minimum Gasteiger partial charge on any atom is -0.378 e. The largest absolute Gasteiger partial charge is 0.378 e. The van der Waals surface area contributed by atoms with Crippen LogP contribution in [0.3, 0.4) is 0 Å². The molecule has 0 aliphatic carbocycles. The third kappa shape index (κ3) is 4.08. The topological polar surface area (TPSA) is 63.2 Å². The Balaban J connectivity index is 1.66. The van der Waals surface area contributed by atoms with E-state index in [9.17, 15) is 0 Å². The van der Waals surface area contributed by atoms with Crippen molar-refractivity contribution in [2.45, 2.75) is 0 Å². The molecule has 4 heterocycles. The van der Waals surface area contributed by atoms with E-state index in [4.69, 9.17) is 24.2 Å². The van der Waals surface area contributed by atoms with Gasteiger partial charge in [-0.15, -0.1) is 0 Å². The van der Waals surface area contributed by atoms with Crippen LogP contribution in [0.2, 0.25) is 0 Å². The molecule has 3 aliphatic rings. The van der Waals surface area contributed by atoms with Gasteiger partial charge < -0.3 is 28.9 Å². The molecule has 1 aromatic carbocycles. The highest BCUT2D eigenvalue weighted by atomic mass is 16.5. The quantitative estimate of drug-likeness (QED) is 0.753. The zero-order valence-electron chi connectivity index (χ0n) is 17.3. The fourth-order valence-electron chi connectivity index (χ4n) is 4.21. The van der Waals surface area contributed by atoms with E-state index in [1.807, 2.05) is 6.07 Å². The second-order valence-electron chi connectivity index (χ2n) is 7.71. The van der Waals surface area contributed by atoms with E-state index < -0.39 is 0 Å². The third-order valence-corrected chi connectivity index (χ3v) is 5.83. The Bertz CT molecular complexity index is 832. The van der Waals surface area contributed by atoms with E-state index >= 15 is 0 Å². The fraction of sp³-hybridized carbons (Fsp3) is 0.545. The molecule has 0 unspecified atom stereocenters. The normalized spacial score (nSPS) is 20.5. The predicted molar refractivity (Wildman–Crippen MR) is 117 cm³/mol. The van der Waals surface area contributed by atoms with Gasteiger partial charge in [0.2, 0.25) is 5.95 Å². The summed E-state index contributed by atoms with van der Waals surface area (Å²) in [6.07, 6.45) is 0. The number of rotatable bonds is 4. The van der Waals surface area contributed by atoms with Crippen LogP contribution in [0.25, 0.3) is 11.3 Å². The summed E-state index contributed by atoms with van der Waals surface area (Å²) in [5.74, 6) is 1.80. The zero-order chi connectivity index (χ0) is 20.2. The molecule has 8 nitrogen and oxygen atoms in total. The summed E-state index contributed by atoms with van der Waals surface area (Å²) < 4.78 is 16.8. The highest BCUT2D eigenvalue weighted by Gasteiger charge is 2.28. The highest BCUT2D eigenvalue weighted by Crippen LogP contribution is 2.39. The number of hydrogen-bond donors (Lipinski definition) is 0. The minimum absolute atomic E-state index is 0.710. The van der Waals surface area contributed by atoms with Crippen LogP contribution in [-0.4, -0.2) is 88.9 Å². The average Bonchev–Trinajstić information content (AvgIpc) is 2.85. The molecule has 3 saturated heterocycles. The summed E-state index contributed by atoms with van der Waals surface area (Å²) in [6.45, 7) is 9.31. The first-order chi connectivity index (χ1) is 14.9. The molecular formula is C22H29N5O3. The van der Waals surface area contributed by atoms with Crippen LogP contribution in [-0.2, 0) is 14.2 Å². The summed E-state index contributed by atoms with van der Waals surface area (Å²) in [5, 5.41) is 0. The van der Waals surface area contributed by atoms with Crippen LogP contribution in [0.4, 0.5) is 17.5 Å². The monoisotopic (exact) mass is 411 g/mol. The van der Waals surface area contributed by atoms with E-state index in [-0.39, 0.29) is 0 Å². The van der Waals surface area contributed by atoms with Crippen molar-refractivity contribution in [2.75, 3.05) is 93.6 Å². The first kappa shape index (κ1) is 19.5. The Hall–Kier alpha value is -2.42. The number of aromatic nitrogens is 2. The van der Waals surface area contributed by atoms with Gasteiger partial charge in [-0.1, -0.05) is 30.3 Å². The summed E-state index contributed by atoms with van der Waals surface area (Å²) in [6, 6.07) is 10.5. The standard InChI is InChI=1S/C22H29N5O3/c1-2-4-18(5-3-1)19-20(25-6-12-28-13-7-25)21(26-8-14-29-15-9-26)24-22(23-19)27-10-16-30-17-11-27/h1-5H,6-17H2. The zero-order valence-corrected chi connectivity index (χ0v) is 17.3. The lowest BCUT2D eigenvalue weighted by molar-refractivity contribution is 0.120. The molecule has 160 valence electrons. The molecule has 2 aromatic rings. The van der Waals surface area contributed by atoms with Crippen molar-refractivity contribution in [3.8, 4) is 11.3 Å². The number of anilines is 3. The number of hydrogen-bond acceptors (Lipinski definition) is 8. The summed E-state index contributed by atoms with van der Waals surface area (Å²) in [7, 11) is 0. The van der Waals surface area contributed by atoms with Gasteiger partial charge in [0.25, 0.3) is 0 Å². The second kappa shape index (κ2) is 9.16. The van der Waals surface area contributed by atoms with Crippen LogP contribution in [0.1, 0.15) is 0 Å². The Morgan fingerprint density at radius 2 is 1.13 bits per heavy atom. The van der Waals surface area contributed by atoms with Crippen molar-refractivity contribution in [1.29, 1.82) is 0 Å². The van der Waals surface area contributed by atoms with Gasteiger partial charge in [0.1, 0.15) is 11.4 Å². The van der Waals surface area contributed by atoms with Crippen LogP contribution in [0, 0.1) is 0 Å². The number of benzene rings is 1. The van der Waals surface area contributed by atoms with Gasteiger partial charge >= 0.3 is 0 Å². The second-order valence-corrected chi connectivity index (χ2v) is 7.71. The molecular weight excluding hydrogens is 382 g/mol. The highest BCUT2D eigenvalue weighted by molar-refractivity contribution is 5.85. The van der Waals surface area contributed by atoms with Crippen molar-refractivity contribution in [3.63, 3.8) is 0 Å². The maximum absolute atomic E-state index is 5.63. The molecule has 0 saturated carbocycles. The van der Waals surface area contributed by atoms with Gasteiger partial charge in [0.05, 0.1) is 39.6 Å². The van der Waals surface area contributed by atoms with Crippen molar-refractivity contribution < 1.29 is 14.2 Å². The Labute approximate surface area is 177 Å². The first-order valence-corrected chi connectivity index (χ1v) is 10.9. The molecule has 0 bridgehead atoms. The summed E-state index contributed by atoms with van der Waals surface area (Å²) in [5.41, 5.74) is 3.23. The fourth-order valence-corrected chi connectivity index (χ4v) is 4.21. The Morgan fingerprint density at radius 1 is 0.600 bits per heavy atom. The number of nitrogens with zero attached hydrogens (tertiary/aromatic N) is 5. The van der Waals surface area contributed by atoms with Gasteiger partial charge in [-0.3, -0.25) is 0 Å². The molecule has 30 heavy (non-hydrogen) atoms. The van der Waals surface area contributed by atoms with Gasteiger partial charge in [0.15, 0.2) is 5.82 Å². The first-order valence-electron chi connectivity index (χ1n) is 10.9. The van der Waals surface area contributed by atoms with Crippen molar-refractivity contribution in [3.05, 3.63) is 30.3 Å². The lowest BCUT2D eigenvalue weighted by Crippen LogP contribution is -2.42. The maximum Gasteiger partial charge on any atom is 0.228 e. The van der Waals surface area contributed by atoms with Crippen LogP contribution < -0.4 is 14.7 Å². The lowest BCUT2D eigenvalue weighted by atomic mass is 10.1. The number of ether oxygens (including phenoxy) is 3. The molecule has 0 atom stereocenters. The molecule has 3 fully saturated rings. The SMILES string of the molecule is c1ccc(-c2nc(N3CCOCC3)nc(N3CCOCC3)c2N2CCOCC2)cc1. The van der Waals surface area contributed by atoms with Crippen LogP contribution >= 0.6 is 0 Å². The van der Waals surface area contributed by atoms with Crippen LogP contribution in [0.15, 0.2) is 30.3 Å². The maximum atomic E-state index is 5.63. The van der Waals surface area contributed by atoms with E-state index in [0.29, 0.717) is 13.2 Å². The Kier molecular flexibility index (Phi) is 5.96. The Morgan fingerprint density at radius 3 is 1.73 bits per heavy atom. The minimum atomic E-state index is 0.710. The molecule has 1 aromatic heterocycles. The van der Waals surface area contributed by atoms with Crippen molar-refractivity contribution >= 4 is 17.5 Å². The summed E-state index contributed by atoms with van der Waals surface area (Å²) >= 11 is 0. The van der Waals surface area contributed by atoms with Gasteiger partial charge in [-0.2, -0.15) is 4.98 Å². The van der Waals surface area contributed by atoms with E-state index in [1.54, 1.807) is 0 Å². The molecule has 8 heteroatoms. The van der Waals surface area contributed by atoms with Crippen LogP contribution in [0.5, 0.6) is 0 Å². The van der Waals surface area contributed by atoms with E-state index in [2.05, 4.69) is 39.0 Å². The predicted octanol–water partition coefficient (Wildman–Crippen LogP) is 1.65. The molecule has 0 spiro atoms. The molecule has 0 N–H and O–H groups in total. The van der Waals surface area contributed by atoms with Gasteiger partial charge in [0, 0.05) is 44.8 Å². The average molecular weight is 412 g/mol. The lowest BCUT2D eigenvalue weighted by Gasteiger charge is -2.37. The summed E-state index contributed by atoms with van der Waals surface area (Å²) in [4.78, 5) is 17.2. The third-order valence-electron chi connectivity index (χ3n) is 5.83. The van der Waals surface area contributed by atoms with Crippen molar-refractivity contribution in [2.24, 2.45) is 0 Å². The van der Waals surface area contributed by atoms with E-state index in [1.165, 1.54) is 0 Å². The number of morpholine rings is 3. The van der Waals surface area contributed by atoms with Gasteiger partial charge in [-0.05, 0) is 0 Å². The molecule has 0 radical (unpaired) electrons. The molecule has 3 aliphatic heterocycles. The molecule has 0 amide bonds. The smallest absolute Gasteiger partial charge is 0.228 e. The van der Waals surface area contributed by atoms with E-state index in [0.717, 1.165) is 94.4 Å².